The summed E-state index contributed by atoms with van der Waals surface area (Å²) in [5.41, 5.74) is 0. The summed E-state index contributed by atoms with van der Waals surface area (Å²) in [6.45, 7) is 4.00. The Morgan fingerprint density at radius 1 is 1.31 bits per heavy atom. The highest BCUT2D eigenvalue weighted by atomic mass is 16.5. The first kappa shape index (κ1) is 9.44. The molecule has 76 valence electrons. The van der Waals surface area contributed by atoms with Crippen LogP contribution in [0.4, 0.5) is 0 Å². The summed E-state index contributed by atoms with van der Waals surface area (Å²) in [6, 6.07) is 0.414. The molecule has 3 heteroatoms. The number of nitrogens with zero attached hydrogens (tertiary/aromatic N) is 1. The summed E-state index contributed by atoms with van der Waals surface area (Å²) in [7, 11) is 0. The third-order valence-electron chi connectivity index (χ3n) is 3.40. The fraction of sp³-hybridized carbons (Fsp3) is 1.00. The third kappa shape index (κ3) is 2.03. The maximum Gasteiger partial charge on any atom is 0.0594 e. The van der Waals surface area contributed by atoms with E-state index >= 15 is 0 Å². The van der Waals surface area contributed by atoms with Gasteiger partial charge in [0.1, 0.15) is 0 Å². The van der Waals surface area contributed by atoms with E-state index in [0.717, 1.165) is 32.2 Å². The fourth-order valence-corrected chi connectivity index (χ4v) is 2.30. The molecule has 2 fully saturated rings. The summed E-state index contributed by atoms with van der Waals surface area (Å²) in [4.78, 5) is 2.40. The van der Waals surface area contributed by atoms with E-state index in [-0.39, 0.29) is 0 Å². The Labute approximate surface area is 79.7 Å². The number of rotatable bonds is 3. The van der Waals surface area contributed by atoms with Gasteiger partial charge in [0, 0.05) is 19.1 Å². The first-order chi connectivity index (χ1) is 6.42. The molecule has 1 aliphatic carbocycles. The van der Waals surface area contributed by atoms with Gasteiger partial charge in [0.25, 0.3) is 0 Å². The number of hydrogen-bond donors (Lipinski definition) is 1. The Kier molecular flexibility index (Phi) is 3.19. The molecule has 1 atom stereocenters. The van der Waals surface area contributed by atoms with Crippen molar-refractivity contribution in [1.29, 1.82) is 0 Å². The lowest BCUT2D eigenvalue weighted by molar-refractivity contribution is -0.0256. The minimum absolute atomic E-state index is 0.324. The van der Waals surface area contributed by atoms with Gasteiger partial charge >= 0.3 is 0 Å². The number of morpholine rings is 1. The average Bonchev–Trinajstić information content (AvgIpc) is 2.12. The van der Waals surface area contributed by atoms with Crippen LogP contribution in [0, 0.1) is 5.92 Å². The zero-order valence-electron chi connectivity index (χ0n) is 8.11. The maximum absolute atomic E-state index is 9.33. The van der Waals surface area contributed by atoms with Crippen molar-refractivity contribution in [1.82, 2.24) is 4.90 Å². The molecule has 1 aliphatic heterocycles. The van der Waals surface area contributed by atoms with Gasteiger partial charge in [0.15, 0.2) is 0 Å². The Bertz CT molecular complexity index is 153. The quantitative estimate of drug-likeness (QED) is 0.694. The van der Waals surface area contributed by atoms with Crippen molar-refractivity contribution in [3.8, 4) is 0 Å². The van der Waals surface area contributed by atoms with E-state index in [4.69, 9.17) is 4.74 Å². The van der Waals surface area contributed by atoms with E-state index in [1.165, 1.54) is 19.3 Å². The zero-order valence-corrected chi connectivity index (χ0v) is 8.11. The van der Waals surface area contributed by atoms with Crippen LogP contribution in [0.25, 0.3) is 0 Å². The van der Waals surface area contributed by atoms with Gasteiger partial charge in [-0.15, -0.1) is 0 Å². The highest BCUT2D eigenvalue weighted by molar-refractivity contribution is 4.85. The van der Waals surface area contributed by atoms with Gasteiger partial charge in [-0.2, -0.15) is 0 Å². The number of hydrogen-bond acceptors (Lipinski definition) is 3. The van der Waals surface area contributed by atoms with E-state index in [2.05, 4.69) is 4.90 Å². The van der Waals surface area contributed by atoms with Crippen LogP contribution < -0.4 is 0 Å². The summed E-state index contributed by atoms with van der Waals surface area (Å²) in [5.74, 6) is 0.753. The minimum atomic E-state index is 0.324. The predicted octanol–water partition coefficient (Wildman–Crippen LogP) is 0.480. The largest absolute Gasteiger partial charge is 0.395 e. The molecule has 1 saturated heterocycles. The van der Waals surface area contributed by atoms with Crippen molar-refractivity contribution < 1.29 is 9.84 Å². The highest BCUT2D eigenvalue weighted by Crippen LogP contribution is 2.32. The van der Waals surface area contributed by atoms with Gasteiger partial charge in [-0.3, -0.25) is 4.90 Å². The van der Waals surface area contributed by atoms with Crippen LogP contribution in [0.2, 0.25) is 0 Å². The molecular formula is C10H19NO2. The van der Waals surface area contributed by atoms with Crippen LogP contribution in [-0.4, -0.2) is 49.0 Å². The standard InChI is InChI=1S/C10H19NO2/c12-8-10(9-2-1-3-9)11-4-6-13-7-5-11/h9-10,12H,1-8H2. The van der Waals surface area contributed by atoms with Crippen LogP contribution in [0.1, 0.15) is 19.3 Å². The Hall–Kier alpha value is -0.120. The molecule has 0 aromatic rings. The van der Waals surface area contributed by atoms with Crippen LogP contribution in [-0.2, 0) is 4.74 Å². The van der Waals surface area contributed by atoms with E-state index in [1.54, 1.807) is 0 Å². The second kappa shape index (κ2) is 4.40. The fourth-order valence-electron chi connectivity index (χ4n) is 2.30. The summed E-state index contributed by atoms with van der Waals surface area (Å²) in [5, 5.41) is 9.33. The SMILES string of the molecule is OCC(C1CCC1)N1CCOCC1. The zero-order chi connectivity index (χ0) is 9.10. The minimum Gasteiger partial charge on any atom is -0.395 e. The van der Waals surface area contributed by atoms with Crippen molar-refractivity contribution in [2.75, 3.05) is 32.9 Å². The molecule has 0 spiro atoms. The molecule has 2 rings (SSSR count). The smallest absolute Gasteiger partial charge is 0.0594 e. The van der Waals surface area contributed by atoms with E-state index < -0.39 is 0 Å². The lowest BCUT2D eigenvalue weighted by Crippen LogP contribution is -2.50. The summed E-state index contributed by atoms with van der Waals surface area (Å²) >= 11 is 0. The number of aliphatic hydroxyl groups is 1. The second-order valence-electron chi connectivity index (χ2n) is 4.09. The second-order valence-corrected chi connectivity index (χ2v) is 4.09. The van der Waals surface area contributed by atoms with Gasteiger partial charge < -0.3 is 9.84 Å². The molecule has 0 aromatic heterocycles. The topological polar surface area (TPSA) is 32.7 Å². The molecule has 1 heterocycles. The van der Waals surface area contributed by atoms with Gasteiger partial charge in [-0.25, -0.2) is 0 Å². The lowest BCUT2D eigenvalue weighted by atomic mass is 9.79. The van der Waals surface area contributed by atoms with Crippen LogP contribution >= 0.6 is 0 Å². The maximum atomic E-state index is 9.33. The monoisotopic (exact) mass is 185 g/mol. The van der Waals surface area contributed by atoms with Crippen LogP contribution in [0.5, 0.6) is 0 Å². The molecule has 0 aromatic carbocycles. The molecule has 0 bridgehead atoms. The molecule has 3 nitrogen and oxygen atoms in total. The highest BCUT2D eigenvalue weighted by Gasteiger charge is 2.31. The van der Waals surface area contributed by atoms with Crippen LogP contribution in [0.3, 0.4) is 0 Å². The average molecular weight is 185 g/mol. The van der Waals surface area contributed by atoms with E-state index in [1.807, 2.05) is 0 Å². The third-order valence-corrected chi connectivity index (χ3v) is 3.40. The van der Waals surface area contributed by atoms with Gasteiger partial charge in [0.05, 0.1) is 19.8 Å². The summed E-state index contributed by atoms with van der Waals surface area (Å²) in [6.07, 6.45) is 3.97. The van der Waals surface area contributed by atoms with Gasteiger partial charge in [-0.05, 0) is 18.8 Å². The first-order valence-corrected chi connectivity index (χ1v) is 5.34. The first-order valence-electron chi connectivity index (χ1n) is 5.34. The van der Waals surface area contributed by atoms with Crippen LogP contribution in [0.15, 0.2) is 0 Å². The number of ether oxygens (including phenoxy) is 1. The molecule has 1 saturated carbocycles. The van der Waals surface area contributed by atoms with Gasteiger partial charge in [0.2, 0.25) is 0 Å². The van der Waals surface area contributed by atoms with Crippen molar-refractivity contribution in [3.05, 3.63) is 0 Å². The Morgan fingerprint density at radius 3 is 2.46 bits per heavy atom. The van der Waals surface area contributed by atoms with Crippen molar-refractivity contribution in [2.45, 2.75) is 25.3 Å². The molecular weight excluding hydrogens is 166 g/mol. The van der Waals surface area contributed by atoms with E-state index in [0.29, 0.717) is 12.6 Å². The normalized spacial score (nSPS) is 28.4. The number of aliphatic hydroxyl groups excluding tert-OH is 1. The molecule has 13 heavy (non-hydrogen) atoms. The van der Waals surface area contributed by atoms with Crippen molar-refractivity contribution >= 4 is 0 Å². The Morgan fingerprint density at radius 2 is 2.00 bits per heavy atom. The molecule has 1 N–H and O–H groups in total. The van der Waals surface area contributed by atoms with E-state index in [9.17, 15) is 5.11 Å². The predicted molar refractivity (Wildman–Crippen MR) is 50.6 cm³/mol. The molecule has 0 amide bonds. The summed E-state index contributed by atoms with van der Waals surface area (Å²) < 4.78 is 5.30. The Balaban J connectivity index is 1.86. The lowest BCUT2D eigenvalue weighted by Gasteiger charge is -2.41. The molecule has 0 radical (unpaired) electrons. The van der Waals surface area contributed by atoms with Crippen molar-refractivity contribution in [2.24, 2.45) is 5.92 Å². The van der Waals surface area contributed by atoms with Gasteiger partial charge in [-0.1, -0.05) is 6.42 Å². The molecule has 1 unspecified atom stereocenters. The molecule has 2 aliphatic rings. The van der Waals surface area contributed by atoms with Crippen molar-refractivity contribution in [3.63, 3.8) is 0 Å².